The monoisotopic (exact) mass is 494 g/mol. The van der Waals surface area contributed by atoms with Crippen LogP contribution in [0.1, 0.15) is 12.0 Å². The maximum atomic E-state index is 11.7. The minimum absolute atomic E-state index is 0. The standard InChI is InChI=1S/C22H27BrN4O2.ClH/c23-16-4-6-17(7-5-16)24-14-18(28)15-26-10-12-27(13-11-26)21-3-1-2-20-19(21)8-9-22(29)25-20;/h1-7,18,24,28H,8-15H2,(H,25,29);1H/t18-;/m0./s1. The molecule has 6 nitrogen and oxygen atoms in total. The Morgan fingerprint density at radius 3 is 2.53 bits per heavy atom. The fourth-order valence-electron chi connectivity index (χ4n) is 4.04. The molecule has 3 N–H and O–H groups in total. The van der Waals surface area contributed by atoms with E-state index in [1.807, 2.05) is 36.4 Å². The van der Waals surface area contributed by atoms with E-state index in [0.29, 0.717) is 19.5 Å². The summed E-state index contributed by atoms with van der Waals surface area (Å²) in [4.78, 5) is 16.4. The zero-order chi connectivity index (χ0) is 20.2. The van der Waals surface area contributed by atoms with E-state index < -0.39 is 6.10 Å². The summed E-state index contributed by atoms with van der Waals surface area (Å²) in [5.41, 5.74) is 4.45. The first-order chi connectivity index (χ1) is 14.1. The molecule has 1 atom stereocenters. The van der Waals surface area contributed by atoms with Crippen LogP contribution in [-0.2, 0) is 11.2 Å². The Balaban J connectivity index is 0.00000256. The zero-order valence-electron chi connectivity index (χ0n) is 16.8. The second-order valence-corrected chi connectivity index (χ2v) is 8.60. The number of fused-ring (bicyclic) bond motifs is 1. The van der Waals surface area contributed by atoms with Crippen LogP contribution in [0, 0.1) is 0 Å². The Morgan fingerprint density at radius 2 is 1.80 bits per heavy atom. The Labute approximate surface area is 192 Å². The molecule has 2 aromatic rings. The first-order valence-electron chi connectivity index (χ1n) is 10.1. The highest BCUT2D eigenvalue weighted by molar-refractivity contribution is 9.10. The summed E-state index contributed by atoms with van der Waals surface area (Å²) in [5.74, 6) is 0.102. The third-order valence-electron chi connectivity index (χ3n) is 5.60. The predicted octanol–water partition coefficient (Wildman–Crippen LogP) is 3.35. The van der Waals surface area contributed by atoms with Gasteiger partial charge >= 0.3 is 0 Å². The van der Waals surface area contributed by atoms with E-state index in [1.165, 1.54) is 11.3 Å². The maximum Gasteiger partial charge on any atom is 0.224 e. The van der Waals surface area contributed by atoms with Crippen molar-refractivity contribution in [2.45, 2.75) is 18.9 Å². The van der Waals surface area contributed by atoms with Crippen LogP contribution in [0.25, 0.3) is 0 Å². The molecule has 0 unspecified atom stereocenters. The zero-order valence-corrected chi connectivity index (χ0v) is 19.2. The molecule has 8 heteroatoms. The second kappa shape index (κ2) is 10.5. The van der Waals surface area contributed by atoms with Crippen molar-refractivity contribution in [2.75, 3.05) is 54.8 Å². The maximum absolute atomic E-state index is 11.7. The Morgan fingerprint density at radius 1 is 1.07 bits per heavy atom. The lowest BCUT2D eigenvalue weighted by Gasteiger charge is -2.38. The number of piperazine rings is 1. The third-order valence-corrected chi connectivity index (χ3v) is 6.12. The van der Waals surface area contributed by atoms with Gasteiger partial charge in [0.1, 0.15) is 0 Å². The van der Waals surface area contributed by atoms with E-state index in [1.54, 1.807) is 0 Å². The Kier molecular flexibility index (Phi) is 7.99. The lowest BCUT2D eigenvalue weighted by molar-refractivity contribution is -0.116. The molecule has 2 heterocycles. The lowest BCUT2D eigenvalue weighted by atomic mass is 10.00. The van der Waals surface area contributed by atoms with Crippen molar-refractivity contribution < 1.29 is 9.90 Å². The van der Waals surface area contributed by atoms with Crippen LogP contribution in [0.3, 0.4) is 0 Å². The van der Waals surface area contributed by atoms with Gasteiger partial charge < -0.3 is 20.6 Å². The van der Waals surface area contributed by atoms with E-state index in [0.717, 1.165) is 48.4 Å². The van der Waals surface area contributed by atoms with E-state index in [9.17, 15) is 9.90 Å². The molecule has 0 aliphatic carbocycles. The first-order valence-corrected chi connectivity index (χ1v) is 10.9. The molecular weight excluding hydrogens is 468 g/mol. The summed E-state index contributed by atoms with van der Waals surface area (Å²) < 4.78 is 1.04. The third kappa shape index (κ3) is 5.66. The van der Waals surface area contributed by atoms with Gasteiger partial charge in [0.2, 0.25) is 5.91 Å². The number of rotatable bonds is 6. The van der Waals surface area contributed by atoms with Crippen molar-refractivity contribution in [1.29, 1.82) is 0 Å². The van der Waals surface area contributed by atoms with Crippen molar-refractivity contribution in [1.82, 2.24) is 4.90 Å². The number of carbonyl (C=O) groups is 1. The van der Waals surface area contributed by atoms with Gasteiger partial charge in [-0.3, -0.25) is 9.69 Å². The van der Waals surface area contributed by atoms with Crippen LogP contribution in [0.4, 0.5) is 17.1 Å². The summed E-state index contributed by atoms with van der Waals surface area (Å²) in [6.45, 7) is 4.90. The number of halogens is 2. The number of β-amino-alcohol motifs (C(OH)–C–C–N with tert-alkyl or cyclic N) is 1. The minimum atomic E-state index is -0.412. The fraction of sp³-hybridized carbons (Fsp3) is 0.409. The SMILES string of the molecule is Cl.O=C1CCc2c(cccc2N2CCN(C[C@@H](O)CNc3ccc(Br)cc3)CC2)N1. The Hall–Kier alpha value is -1.80. The van der Waals surface area contributed by atoms with E-state index in [2.05, 4.69) is 42.4 Å². The number of aliphatic hydroxyl groups excluding tert-OH is 1. The summed E-state index contributed by atoms with van der Waals surface area (Å²) >= 11 is 3.43. The largest absolute Gasteiger partial charge is 0.390 e. The summed E-state index contributed by atoms with van der Waals surface area (Å²) in [6.07, 6.45) is 0.949. The van der Waals surface area contributed by atoms with Gasteiger partial charge in [0.15, 0.2) is 0 Å². The van der Waals surface area contributed by atoms with E-state index >= 15 is 0 Å². The van der Waals surface area contributed by atoms with Crippen molar-refractivity contribution in [3.8, 4) is 0 Å². The van der Waals surface area contributed by atoms with Gasteiger partial charge in [-0.15, -0.1) is 12.4 Å². The van der Waals surface area contributed by atoms with Crippen LogP contribution >= 0.6 is 28.3 Å². The van der Waals surface area contributed by atoms with E-state index in [4.69, 9.17) is 0 Å². The highest BCUT2D eigenvalue weighted by atomic mass is 79.9. The number of amides is 1. The van der Waals surface area contributed by atoms with Crippen LogP contribution in [0.2, 0.25) is 0 Å². The molecule has 2 aliphatic heterocycles. The van der Waals surface area contributed by atoms with Gasteiger partial charge in [0, 0.05) is 67.2 Å². The fourth-order valence-corrected chi connectivity index (χ4v) is 4.30. The summed E-state index contributed by atoms with van der Waals surface area (Å²) in [7, 11) is 0. The van der Waals surface area contributed by atoms with Crippen LogP contribution < -0.4 is 15.5 Å². The summed E-state index contributed by atoms with van der Waals surface area (Å²) in [5, 5.41) is 16.7. The number of benzene rings is 2. The van der Waals surface area contributed by atoms with Crippen molar-refractivity contribution >= 4 is 51.3 Å². The minimum Gasteiger partial charge on any atom is -0.390 e. The molecule has 1 fully saturated rings. The van der Waals surface area contributed by atoms with Crippen molar-refractivity contribution in [2.24, 2.45) is 0 Å². The number of aliphatic hydroxyl groups is 1. The molecule has 0 radical (unpaired) electrons. The average Bonchev–Trinajstić information content (AvgIpc) is 2.73. The number of nitrogens with zero attached hydrogens (tertiary/aromatic N) is 2. The molecule has 2 aromatic carbocycles. The lowest BCUT2D eigenvalue weighted by Crippen LogP contribution is -2.49. The van der Waals surface area contributed by atoms with Gasteiger partial charge in [-0.1, -0.05) is 22.0 Å². The molecule has 0 saturated carbocycles. The Bertz CT molecular complexity index is 857. The van der Waals surface area contributed by atoms with E-state index in [-0.39, 0.29) is 18.3 Å². The van der Waals surface area contributed by atoms with Crippen LogP contribution in [-0.4, -0.2) is 61.3 Å². The second-order valence-electron chi connectivity index (χ2n) is 7.68. The molecule has 162 valence electrons. The van der Waals surface area contributed by atoms with Gasteiger partial charge in [-0.05, 0) is 48.4 Å². The molecule has 4 rings (SSSR count). The quantitative estimate of drug-likeness (QED) is 0.573. The number of hydrogen-bond acceptors (Lipinski definition) is 5. The topological polar surface area (TPSA) is 67.8 Å². The summed E-state index contributed by atoms with van der Waals surface area (Å²) in [6, 6.07) is 14.1. The highest BCUT2D eigenvalue weighted by Gasteiger charge is 2.24. The van der Waals surface area contributed by atoms with Gasteiger partial charge in [-0.25, -0.2) is 0 Å². The average molecular weight is 496 g/mol. The molecule has 1 saturated heterocycles. The molecule has 2 aliphatic rings. The number of hydrogen-bond donors (Lipinski definition) is 3. The predicted molar refractivity (Wildman–Crippen MR) is 128 cm³/mol. The van der Waals surface area contributed by atoms with Gasteiger partial charge in [0.25, 0.3) is 0 Å². The van der Waals surface area contributed by atoms with Crippen molar-refractivity contribution in [3.05, 3.63) is 52.5 Å². The van der Waals surface area contributed by atoms with Crippen LogP contribution in [0.15, 0.2) is 46.9 Å². The molecule has 30 heavy (non-hydrogen) atoms. The number of nitrogens with one attached hydrogen (secondary N) is 2. The normalized spacial score (nSPS) is 17.5. The smallest absolute Gasteiger partial charge is 0.224 e. The molecular formula is C22H28BrClN4O2. The van der Waals surface area contributed by atoms with Crippen LogP contribution in [0.5, 0.6) is 0 Å². The first kappa shape index (κ1) is 22.9. The molecule has 0 bridgehead atoms. The molecule has 0 aromatic heterocycles. The number of carbonyl (C=O) groups excluding carboxylic acids is 1. The van der Waals surface area contributed by atoms with Gasteiger partial charge in [-0.2, -0.15) is 0 Å². The van der Waals surface area contributed by atoms with Gasteiger partial charge in [0.05, 0.1) is 6.10 Å². The molecule has 1 amide bonds. The molecule has 0 spiro atoms. The highest BCUT2D eigenvalue weighted by Crippen LogP contribution is 2.32. The number of anilines is 3. The van der Waals surface area contributed by atoms with Crippen molar-refractivity contribution in [3.63, 3.8) is 0 Å².